The first-order valence-corrected chi connectivity index (χ1v) is 7.19. The molecule has 1 aromatic rings. The molecule has 112 valence electrons. The van der Waals surface area contributed by atoms with Crippen LogP contribution in [0.3, 0.4) is 0 Å². The number of nitrogens with one attached hydrogen (secondary N) is 1. The van der Waals surface area contributed by atoms with Crippen molar-refractivity contribution in [3.8, 4) is 0 Å². The number of aliphatic hydroxyl groups is 1. The maximum atomic E-state index is 12.4. The minimum Gasteiger partial charge on any atom is -0.398 e. The summed E-state index contributed by atoms with van der Waals surface area (Å²) in [7, 11) is 1.62. The SMILES string of the molecule is BC1(O)COCCN(C(=O)c2cc(N)c(C(=N)Br)cn2)C1. The maximum absolute atomic E-state index is 12.4. The van der Waals surface area contributed by atoms with Gasteiger partial charge in [-0.3, -0.25) is 15.2 Å². The summed E-state index contributed by atoms with van der Waals surface area (Å²) in [6.07, 6.45) is 1.38. The smallest absolute Gasteiger partial charge is 0.272 e. The summed E-state index contributed by atoms with van der Waals surface area (Å²) in [5.74, 6) is -0.319. The van der Waals surface area contributed by atoms with Crippen molar-refractivity contribution in [2.24, 2.45) is 0 Å². The molecule has 1 unspecified atom stereocenters. The molecule has 1 fully saturated rings. The molecule has 1 atom stereocenters. The number of rotatable bonds is 2. The highest BCUT2D eigenvalue weighted by Crippen LogP contribution is 2.17. The van der Waals surface area contributed by atoms with Crippen LogP contribution in [0.15, 0.2) is 12.3 Å². The van der Waals surface area contributed by atoms with E-state index in [1.165, 1.54) is 17.2 Å². The van der Waals surface area contributed by atoms with Gasteiger partial charge in [0.1, 0.15) is 18.2 Å². The molecule has 0 radical (unpaired) electrons. The predicted molar refractivity (Wildman–Crippen MR) is 84.6 cm³/mol. The number of β-amino-alcohol motifs (C(OH)–C–C–N with tert-alkyl or cyclic N) is 1. The molecule has 1 amide bonds. The molecule has 0 bridgehead atoms. The van der Waals surface area contributed by atoms with Gasteiger partial charge < -0.3 is 20.5 Å². The molecule has 2 heterocycles. The number of pyridine rings is 1. The number of nitrogens with two attached hydrogens (primary N) is 1. The molecule has 1 aliphatic heterocycles. The van der Waals surface area contributed by atoms with E-state index in [0.29, 0.717) is 24.4 Å². The Labute approximate surface area is 131 Å². The highest BCUT2D eigenvalue weighted by atomic mass is 79.9. The third-order valence-corrected chi connectivity index (χ3v) is 3.56. The van der Waals surface area contributed by atoms with Crippen LogP contribution < -0.4 is 5.73 Å². The number of anilines is 1. The topological polar surface area (TPSA) is 113 Å². The zero-order valence-electron chi connectivity index (χ0n) is 11.6. The van der Waals surface area contributed by atoms with Crippen LogP contribution in [0.25, 0.3) is 0 Å². The summed E-state index contributed by atoms with van der Waals surface area (Å²) >= 11 is 3.02. The number of ether oxygens (including phenoxy) is 1. The van der Waals surface area contributed by atoms with Crippen molar-refractivity contribution in [2.75, 3.05) is 32.0 Å². The highest BCUT2D eigenvalue weighted by molar-refractivity contribution is 9.18. The van der Waals surface area contributed by atoms with E-state index in [1.807, 2.05) is 0 Å². The summed E-state index contributed by atoms with van der Waals surface area (Å²) < 4.78 is 5.39. The van der Waals surface area contributed by atoms with Gasteiger partial charge in [0, 0.05) is 30.5 Å². The Morgan fingerprint density at radius 3 is 3.00 bits per heavy atom. The second kappa shape index (κ2) is 6.12. The molecule has 0 aromatic carbocycles. The van der Waals surface area contributed by atoms with Crippen LogP contribution in [0.4, 0.5) is 5.69 Å². The Balaban J connectivity index is 2.23. The molecule has 1 aromatic heterocycles. The number of hydrogen-bond donors (Lipinski definition) is 3. The first kappa shape index (κ1) is 15.9. The lowest BCUT2D eigenvalue weighted by atomic mass is 9.82. The van der Waals surface area contributed by atoms with E-state index in [9.17, 15) is 9.90 Å². The average molecular weight is 355 g/mol. The van der Waals surface area contributed by atoms with E-state index in [-0.39, 0.29) is 29.4 Å². The van der Waals surface area contributed by atoms with Crippen LogP contribution in [-0.2, 0) is 4.74 Å². The van der Waals surface area contributed by atoms with E-state index in [2.05, 4.69) is 20.9 Å². The molecule has 2 rings (SSSR count). The van der Waals surface area contributed by atoms with E-state index >= 15 is 0 Å². The minimum absolute atomic E-state index is 0.109. The molecule has 21 heavy (non-hydrogen) atoms. The fourth-order valence-electron chi connectivity index (χ4n) is 2.11. The summed E-state index contributed by atoms with van der Waals surface area (Å²) in [6.45, 7) is 1.10. The number of aromatic nitrogens is 1. The number of amides is 1. The van der Waals surface area contributed by atoms with Crippen LogP contribution in [0.1, 0.15) is 16.1 Å². The monoisotopic (exact) mass is 354 g/mol. The van der Waals surface area contributed by atoms with E-state index < -0.39 is 5.50 Å². The molecule has 0 aliphatic carbocycles. The standard InChI is InChI=1S/C12H16BBrN4O3/c13-12(20)5-18(1-2-21-6-12)11(19)9-3-8(15)7(4-17-9)10(14)16/h3-4,16,20H,1-2,5-6,13H2,(H2,15,17). The first-order valence-electron chi connectivity index (χ1n) is 6.39. The van der Waals surface area contributed by atoms with Crippen LogP contribution in [0.5, 0.6) is 0 Å². The van der Waals surface area contributed by atoms with Gasteiger partial charge in [0.05, 0.1) is 18.7 Å². The lowest BCUT2D eigenvalue weighted by Gasteiger charge is -2.27. The van der Waals surface area contributed by atoms with Crippen molar-refractivity contribution in [1.29, 1.82) is 5.41 Å². The fraction of sp³-hybridized carbons (Fsp3) is 0.417. The van der Waals surface area contributed by atoms with Gasteiger partial charge in [0.15, 0.2) is 0 Å². The quantitative estimate of drug-likeness (QED) is 0.474. The molecule has 9 heteroatoms. The molecule has 1 saturated heterocycles. The van der Waals surface area contributed by atoms with Gasteiger partial charge in [-0.1, -0.05) is 0 Å². The highest BCUT2D eigenvalue weighted by Gasteiger charge is 2.30. The lowest BCUT2D eigenvalue weighted by Crippen LogP contribution is -2.47. The fourth-order valence-corrected chi connectivity index (χ4v) is 2.44. The number of nitrogen functional groups attached to an aromatic ring is 1. The summed E-state index contributed by atoms with van der Waals surface area (Å²) in [4.78, 5) is 18.0. The zero-order chi connectivity index (χ0) is 15.6. The second-order valence-electron chi connectivity index (χ2n) is 5.25. The molecular formula is C12H16BBrN4O3. The molecule has 1 aliphatic rings. The Kier molecular flexibility index (Phi) is 4.65. The van der Waals surface area contributed by atoms with Crippen molar-refractivity contribution < 1.29 is 14.6 Å². The molecule has 0 spiro atoms. The lowest BCUT2D eigenvalue weighted by molar-refractivity contribution is 0.0248. The number of nitrogens with zero attached hydrogens (tertiary/aromatic N) is 2. The van der Waals surface area contributed by atoms with Crippen LogP contribution in [-0.4, -0.2) is 65.2 Å². The summed E-state index contributed by atoms with van der Waals surface area (Å²) in [5.41, 5.74) is 5.64. The van der Waals surface area contributed by atoms with Crippen molar-refractivity contribution in [1.82, 2.24) is 9.88 Å². The van der Waals surface area contributed by atoms with E-state index in [4.69, 9.17) is 15.9 Å². The van der Waals surface area contributed by atoms with Crippen molar-refractivity contribution in [2.45, 2.75) is 5.50 Å². The predicted octanol–water partition coefficient (Wildman–Crippen LogP) is -0.822. The number of halogens is 1. The Bertz CT molecular complexity index is 582. The third-order valence-electron chi connectivity index (χ3n) is 3.13. The van der Waals surface area contributed by atoms with Gasteiger partial charge in [0.25, 0.3) is 5.91 Å². The Morgan fingerprint density at radius 2 is 2.38 bits per heavy atom. The number of carbonyl (C=O) groups is 1. The molecule has 4 N–H and O–H groups in total. The number of carbonyl (C=O) groups excluding carboxylic acids is 1. The third kappa shape index (κ3) is 3.81. The normalized spacial score (nSPS) is 22.7. The Morgan fingerprint density at radius 1 is 1.67 bits per heavy atom. The zero-order valence-corrected chi connectivity index (χ0v) is 13.2. The van der Waals surface area contributed by atoms with Crippen molar-refractivity contribution in [3.63, 3.8) is 0 Å². The largest absolute Gasteiger partial charge is 0.398 e. The van der Waals surface area contributed by atoms with Gasteiger partial charge in [-0.15, -0.1) is 0 Å². The maximum Gasteiger partial charge on any atom is 0.272 e. The van der Waals surface area contributed by atoms with Gasteiger partial charge in [-0.2, -0.15) is 0 Å². The average Bonchev–Trinajstić information content (AvgIpc) is 2.58. The van der Waals surface area contributed by atoms with E-state index in [0.717, 1.165) is 0 Å². The minimum atomic E-state index is -1.09. The molecule has 0 saturated carbocycles. The van der Waals surface area contributed by atoms with Gasteiger partial charge in [0.2, 0.25) is 0 Å². The van der Waals surface area contributed by atoms with Gasteiger partial charge in [-0.05, 0) is 22.0 Å². The first-order chi connectivity index (χ1) is 9.80. The van der Waals surface area contributed by atoms with Crippen molar-refractivity contribution >= 4 is 40.0 Å². The second-order valence-corrected chi connectivity index (χ2v) is 6.04. The van der Waals surface area contributed by atoms with Crippen LogP contribution >= 0.6 is 15.9 Å². The Hall–Kier alpha value is -1.45. The summed E-state index contributed by atoms with van der Waals surface area (Å²) in [6, 6.07) is 1.44. The number of hydrogen-bond acceptors (Lipinski definition) is 6. The van der Waals surface area contributed by atoms with Crippen LogP contribution in [0.2, 0.25) is 0 Å². The van der Waals surface area contributed by atoms with Crippen molar-refractivity contribution in [3.05, 3.63) is 23.5 Å². The van der Waals surface area contributed by atoms with Gasteiger partial charge >= 0.3 is 0 Å². The van der Waals surface area contributed by atoms with Gasteiger partial charge in [-0.25, -0.2) is 0 Å². The molecule has 7 nitrogen and oxygen atoms in total. The van der Waals surface area contributed by atoms with E-state index in [1.54, 1.807) is 7.85 Å². The van der Waals surface area contributed by atoms with Crippen LogP contribution in [0, 0.1) is 5.41 Å². The molecular weight excluding hydrogens is 339 g/mol. The summed E-state index contributed by atoms with van der Waals surface area (Å²) in [5, 5.41) is 17.6.